The van der Waals surface area contributed by atoms with Gasteiger partial charge in [0.05, 0.1) is 25.0 Å². The van der Waals surface area contributed by atoms with Gasteiger partial charge in [-0.3, -0.25) is 9.48 Å². The zero-order valence-corrected chi connectivity index (χ0v) is 17.9. The summed E-state index contributed by atoms with van der Waals surface area (Å²) in [6, 6.07) is 18.3. The molecule has 0 saturated carbocycles. The first kappa shape index (κ1) is 20.7. The summed E-state index contributed by atoms with van der Waals surface area (Å²) in [6.45, 7) is 6.31. The summed E-state index contributed by atoms with van der Waals surface area (Å²) in [5, 5.41) is 4.39. The molecule has 4 rings (SSSR count). The topological polar surface area (TPSA) is 50.6 Å². The molecule has 31 heavy (non-hydrogen) atoms. The monoisotopic (exact) mass is 416 g/mol. The largest absolute Gasteiger partial charge is 0.492 e. The number of nitrogens with zero attached hydrogens (tertiary/aromatic N) is 4. The molecule has 6 nitrogen and oxygen atoms in total. The smallest absolute Gasteiger partial charge is 0.246 e. The molecule has 0 radical (unpaired) electrons. The Hall–Kier alpha value is -3.54. The molecule has 1 aliphatic rings. The molecule has 2 aromatic carbocycles. The Morgan fingerprint density at radius 2 is 1.77 bits per heavy atom. The van der Waals surface area contributed by atoms with Crippen molar-refractivity contribution in [3.63, 3.8) is 0 Å². The predicted molar refractivity (Wildman–Crippen MR) is 123 cm³/mol. The average molecular weight is 417 g/mol. The molecule has 0 bridgehead atoms. The molecule has 0 aliphatic carbocycles. The van der Waals surface area contributed by atoms with Gasteiger partial charge in [0, 0.05) is 44.0 Å². The van der Waals surface area contributed by atoms with E-state index >= 15 is 0 Å². The summed E-state index contributed by atoms with van der Waals surface area (Å²) in [5.74, 6) is 0.936. The van der Waals surface area contributed by atoms with Gasteiger partial charge in [-0.1, -0.05) is 42.5 Å². The summed E-state index contributed by atoms with van der Waals surface area (Å²) >= 11 is 0. The fourth-order valence-corrected chi connectivity index (χ4v) is 3.76. The third kappa shape index (κ3) is 5.34. The fraction of sp³-hybridized carbons (Fsp3) is 0.280. The molecule has 0 unspecified atom stereocenters. The van der Waals surface area contributed by atoms with E-state index in [0.717, 1.165) is 30.1 Å². The maximum Gasteiger partial charge on any atom is 0.246 e. The highest BCUT2D eigenvalue weighted by molar-refractivity contribution is 5.91. The van der Waals surface area contributed by atoms with E-state index in [2.05, 4.69) is 28.2 Å². The van der Waals surface area contributed by atoms with Crippen LogP contribution in [0.3, 0.4) is 0 Å². The minimum Gasteiger partial charge on any atom is -0.492 e. The predicted octanol–water partition coefficient (Wildman–Crippen LogP) is 3.69. The Labute approximate surface area is 183 Å². The Morgan fingerprint density at radius 3 is 2.55 bits per heavy atom. The van der Waals surface area contributed by atoms with Crippen LogP contribution in [0.5, 0.6) is 5.75 Å². The van der Waals surface area contributed by atoms with Crippen LogP contribution in [0.4, 0.5) is 5.69 Å². The lowest BCUT2D eigenvalue weighted by molar-refractivity contribution is -0.126. The molecule has 0 N–H and O–H groups in total. The van der Waals surface area contributed by atoms with Crippen molar-refractivity contribution in [2.45, 2.75) is 13.5 Å². The van der Waals surface area contributed by atoms with Crippen molar-refractivity contribution in [1.29, 1.82) is 0 Å². The van der Waals surface area contributed by atoms with Crippen LogP contribution in [-0.4, -0.2) is 53.4 Å². The van der Waals surface area contributed by atoms with Gasteiger partial charge in [-0.2, -0.15) is 5.10 Å². The molecular weight excluding hydrogens is 388 g/mol. The van der Waals surface area contributed by atoms with Crippen LogP contribution in [-0.2, 0) is 11.3 Å². The molecule has 1 aliphatic heterocycles. The van der Waals surface area contributed by atoms with Crippen molar-refractivity contribution in [2.75, 3.05) is 37.7 Å². The highest BCUT2D eigenvalue weighted by Gasteiger charge is 2.21. The maximum absolute atomic E-state index is 12.7. The van der Waals surface area contributed by atoms with E-state index in [1.165, 1.54) is 5.56 Å². The van der Waals surface area contributed by atoms with Gasteiger partial charge in [0.1, 0.15) is 5.75 Å². The van der Waals surface area contributed by atoms with Crippen LogP contribution in [0.15, 0.2) is 73.1 Å². The van der Waals surface area contributed by atoms with Crippen LogP contribution in [0.2, 0.25) is 0 Å². The Kier molecular flexibility index (Phi) is 6.67. The SMILES string of the molecule is CCOc1ccccc1N1CCN(C(=O)/C=C/c2cnn(Cc3ccccc3)c2)CC1. The molecule has 1 saturated heterocycles. The Morgan fingerprint density at radius 1 is 1.03 bits per heavy atom. The number of piperazine rings is 1. The fourth-order valence-electron chi connectivity index (χ4n) is 3.76. The van der Waals surface area contributed by atoms with Gasteiger partial charge in [-0.15, -0.1) is 0 Å². The number of carbonyl (C=O) groups excluding carboxylic acids is 1. The first-order chi connectivity index (χ1) is 15.2. The second kappa shape index (κ2) is 9.98. The summed E-state index contributed by atoms with van der Waals surface area (Å²) in [6.07, 6.45) is 7.23. The molecule has 2 heterocycles. The number of anilines is 1. The number of ether oxygens (including phenoxy) is 1. The third-order valence-electron chi connectivity index (χ3n) is 5.36. The van der Waals surface area contributed by atoms with Gasteiger partial charge in [0.25, 0.3) is 0 Å². The van der Waals surface area contributed by atoms with Crippen molar-refractivity contribution in [3.8, 4) is 5.75 Å². The molecule has 0 spiro atoms. The standard InChI is InChI=1S/C25H28N4O2/c1-2-31-24-11-7-6-10-23(24)27-14-16-28(17-15-27)25(30)13-12-22-18-26-29(20-22)19-21-8-4-3-5-9-21/h3-13,18,20H,2,14-17,19H2,1H3/b13-12+. The van der Waals surface area contributed by atoms with Crippen LogP contribution in [0, 0.1) is 0 Å². The van der Waals surface area contributed by atoms with Crippen LogP contribution in [0.25, 0.3) is 6.08 Å². The number of carbonyl (C=O) groups is 1. The minimum absolute atomic E-state index is 0.0357. The van der Waals surface area contributed by atoms with E-state index < -0.39 is 0 Å². The first-order valence-electron chi connectivity index (χ1n) is 10.7. The van der Waals surface area contributed by atoms with Crippen molar-refractivity contribution in [1.82, 2.24) is 14.7 Å². The lowest BCUT2D eigenvalue weighted by Gasteiger charge is -2.36. The Bertz CT molecular complexity index is 1020. The minimum atomic E-state index is 0.0357. The lowest BCUT2D eigenvalue weighted by Crippen LogP contribution is -2.48. The number of hydrogen-bond acceptors (Lipinski definition) is 4. The van der Waals surface area contributed by atoms with Crippen molar-refractivity contribution in [2.24, 2.45) is 0 Å². The third-order valence-corrected chi connectivity index (χ3v) is 5.36. The summed E-state index contributed by atoms with van der Waals surface area (Å²) in [4.78, 5) is 16.8. The molecule has 0 atom stereocenters. The van der Waals surface area contributed by atoms with Gasteiger partial charge in [-0.05, 0) is 30.7 Å². The van der Waals surface area contributed by atoms with Gasteiger partial charge in [0.15, 0.2) is 0 Å². The van der Waals surface area contributed by atoms with Gasteiger partial charge in [-0.25, -0.2) is 0 Å². The average Bonchev–Trinajstić information content (AvgIpc) is 3.26. The second-order valence-corrected chi connectivity index (χ2v) is 7.50. The number of benzene rings is 2. The van der Waals surface area contributed by atoms with E-state index in [9.17, 15) is 4.79 Å². The molecule has 1 aromatic heterocycles. The molecule has 3 aromatic rings. The van der Waals surface area contributed by atoms with E-state index in [-0.39, 0.29) is 5.91 Å². The first-order valence-corrected chi connectivity index (χ1v) is 10.7. The van der Waals surface area contributed by atoms with Gasteiger partial charge in [0.2, 0.25) is 5.91 Å². The number of aromatic nitrogens is 2. The molecule has 1 fully saturated rings. The van der Waals surface area contributed by atoms with Crippen LogP contribution >= 0.6 is 0 Å². The zero-order chi connectivity index (χ0) is 21.5. The molecule has 6 heteroatoms. The summed E-state index contributed by atoms with van der Waals surface area (Å²) < 4.78 is 7.63. The number of rotatable bonds is 7. The van der Waals surface area contributed by atoms with Gasteiger partial charge < -0.3 is 14.5 Å². The van der Waals surface area contributed by atoms with E-state index in [4.69, 9.17) is 4.74 Å². The van der Waals surface area contributed by atoms with Gasteiger partial charge >= 0.3 is 0 Å². The molecule has 160 valence electrons. The zero-order valence-electron chi connectivity index (χ0n) is 17.9. The maximum atomic E-state index is 12.7. The highest BCUT2D eigenvalue weighted by atomic mass is 16.5. The Balaban J connectivity index is 1.31. The lowest BCUT2D eigenvalue weighted by atomic mass is 10.2. The molecule has 1 amide bonds. The summed E-state index contributed by atoms with van der Waals surface area (Å²) in [5.41, 5.74) is 3.22. The second-order valence-electron chi connectivity index (χ2n) is 7.50. The number of hydrogen-bond donors (Lipinski definition) is 0. The summed E-state index contributed by atoms with van der Waals surface area (Å²) in [7, 11) is 0. The number of amides is 1. The van der Waals surface area contributed by atoms with Crippen molar-refractivity contribution in [3.05, 3.63) is 84.2 Å². The molecular formula is C25H28N4O2. The van der Waals surface area contributed by atoms with Crippen molar-refractivity contribution < 1.29 is 9.53 Å². The quantitative estimate of drug-likeness (QED) is 0.551. The van der Waals surface area contributed by atoms with E-state index in [1.807, 2.05) is 65.2 Å². The number of para-hydroxylation sites is 2. The van der Waals surface area contributed by atoms with Crippen LogP contribution < -0.4 is 9.64 Å². The highest BCUT2D eigenvalue weighted by Crippen LogP contribution is 2.28. The van der Waals surface area contributed by atoms with Crippen molar-refractivity contribution >= 4 is 17.7 Å². The normalized spacial score (nSPS) is 14.2. The van der Waals surface area contributed by atoms with E-state index in [0.29, 0.717) is 26.2 Å². The van der Waals surface area contributed by atoms with Crippen LogP contribution in [0.1, 0.15) is 18.1 Å². The van der Waals surface area contributed by atoms with E-state index in [1.54, 1.807) is 12.3 Å².